The Labute approximate surface area is 133 Å². The predicted molar refractivity (Wildman–Crippen MR) is 85.9 cm³/mol. The Balaban J connectivity index is 1.83. The summed E-state index contributed by atoms with van der Waals surface area (Å²) in [5.41, 5.74) is 1.45. The molecule has 0 fully saturated rings. The summed E-state index contributed by atoms with van der Waals surface area (Å²) in [6, 6.07) is 17.5. The molecular formula is C19H15NO3. The Bertz CT molecular complexity index is 779. The van der Waals surface area contributed by atoms with Crippen LogP contribution in [0.1, 0.15) is 27.1 Å². The first-order valence-corrected chi connectivity index (χ1v) is 7.35. The summed E-state index contributed by atoms with van der Waals surface area (Å²) in [4.78, 5) is 37.0. The van der Waals surface area contributed by atoms with Crippen LogP contribution in [-0.2, 0) is 4.79 Å². The monoisotopic (exact) mass is 305 g/mol. The Morgan fingerprint density at radius 3 is 2.04 bits per heavy atom. The molecule has 4 nitrogen and oxygen atoms in total. The fraction of sp³-hybridized carbons (Fsp3) is 0.105. The number of carbonyl (C=O) groups excluding carboxylic acids is 3. The number of hydrogen-bond donors (Lipinski definition) is 1. The molecule has 4 heteroatoms. The summed E-state index contributed by atoms with van der Waals surface area (Å²) in [6.07, 6.45) is 1.53. The van der Waals surface area contributed by atoms with Crippen LogP contribution in [0.4, 0.5) is 0 Å². The molecule has 114 valence electrons. The van der Waals surface area contributed by atoms with Crippen molar-refractivity contribution in [2.24, 2.45) is 5.92 Å². The molecule has 0 radical (unpaired) electrons. The average molecular weight is 305 g/mol. The molecule has 23 heavy (non-hydrogen) atoms. The van der Waals surface area contributed by atoms with Crippen molar-refractivity contribution in [2.75, 3.05) is 0 Å². The highest BCUT2D eigenvalue weighted by molar-refractivity contribution is 6.15. The van der Waals surface area contributed by atoms with Gasteiger partial charge < -0.3 is 5.32 Å². The number of amides is 1. The van der Waals surface area contributed by atoms with Crippen molar-refractivity contribution in [1.29, 1.82) is 0 Å². The fourth-order valence-corrected chi connectivity index (χ4v) is 2.58. The molecule has 0 saturated carbocycles. The van der Waals surface area contributed by atoms with E-state index in [1.165, 1.54) is 6.20 Å². The maximum atomic E-state index is 12.5. The quantitative estimate of drug-likeness (QED) is 0.698. The number of nitrogens with one attached hydrogen (secondary N) is 1. The van der Waals surface area contributed by atoms with Crippen molar-refractivity contribution in [2.45, 2.75) is 6.42 Å². The van der Waals surface area contributed by atoms with Gasteiger partial charge in [0.15, 0.2) is 11.6 Å². The molecule has 2 aromatic carbocycles. The molecule has 1 aliphatic rings. The Morgan fingerprint density at radius 2 is 1.43 bits per heavy atom. The molecule has 1 amide bonds. The molecule has 0 bridgehead atoms. The molecule has 2 aromatic rings. The van der Waals surface area contributed by atoms with Crippen molar-refractivity contribution in [3.63, 3.8) is 0 Å². The Morgan fingerprint density at radius 1 is 0.870 bits per heavy atom. The molecule has 1 heterocycles. The van der Waals surface area contributed by atoms with Gasteiger partial charge in [-0.25, -0.2) is 0 Å². The molecule has 0 aliphatic carbocycles. The topological polar surface area (TPSA) is 63.2 Å². The van der Waals surface area contributed by atoms with Gasteiger partial charge in [-0.05, 0) is 6.42 Å². The van der Waals surface area contributed by atoms with E-state index in [-0.39, 0.29) is 23.9 Å². The molecule has 1 unspecified atom stereocenters. The normalized spacial score (nSPS) is 17.1. The Hall–Kier alpha value is -3.01. The maximum Gasteiger partial charge on any atom is 0.235 e. The first-order chi connectivity index (χ1) is 11.2. The molecule has 1 N–H and O–H groups in total. The van der Waals surface area contributed by atoms with Crippen LogP contribution in [0.5, 0.6) is 0 Å². The summed E-state index contributed by atoms with van der Waals surface area (Å²) in [5, 5.41) is 2.54. The number of hydrogen-bond acceptors (Lipinski definition) is 3. The minimum atomic E-state index is -0.870. The Kier molecular flexibility index (Phi) is 4.15. The second-order valence-electron chi connectivity index (χ2n) is 5.36. The highest BCUT2D eigenvalue weighted by Gasteiger charge is 2.33. The minimum Gasteiger partial charge on any atom is -0.332 e. The lowest BCUT2D eigenvalue weighted by atomic mass is 9.86. The summed E-state index contributed by atoms with van der Waals surface area (Å²) in [5.74, 6) is -1.68. The summed E-state index contributed by atoms with van der Waals surface area (Å²) in [6.45, 7) is 0. The third kappa shape index (κ3) is 3.11. The number of allylic oxidation sites excluding steroid dienone is 1. The van der Waals surface area contributed by atoms with Gasteiger partial charge in [0.05, 0.1) is 0 Å². The van der Waals surface area contributed by atoms with Crippen LogP contribution in [0.15, 0.2) is 72.4 Å². The summed E-state index contributed by atoms with van der Waals surface area (Å²) < 4.78 is 0. The van der Waals surface area contributed by atoms with Crippen molar-refractivity contribution in [3.05, 3.63) is 83.6 Å². The molecular weight excluding hydrogens is 290 g/mol. The minimum absolute atomic E-state index is 0.118. The number of ketones is 2. The van der Waals surface area contributed by atoms with Gasteiger partial charge in [0, 0.05) is 22.9 Å². The van der Waals surface area contributed by atoms with Gasteiger partial charge >= 0.3 is 0 Å². The highest BCUT2D eigenvalue weighted by atomic mass is 16.2. The summed E-state index contributed by atoms with van der Waals surface area (Å²) >= 11 is 0. The SMILES string of the molecule is O=C(C1=CNC(=O)C(C(=O)c2ccccc2)C1)c1ccccc1. The number of rotatable bonds is 4. The zero-order valence-corrected chi connectivity index (χ0v) is 12.4. The zero-order valence-electron chi connectivity index (χ0n) is 12.4. The van der Waals surface area contributed by atoms with E-state index in [2.05, 4.69) is 5.32 Å². The van der Waals surface area contributed by atoms with Crippen LogP contribution in [0, 0.1) is 5.92 Å². The van der Waals surface area contributed by atoms with E-state index in [1.54, 1.807) is 48.5 Å². The van der Waals surface area contributed by atoms with E-state index >= 15 is 0 Å². The van der Waals surface area contributed by atoms with E-state index in [0.717, 1.165) is 0 Å². The zero-order chi connectivity index (χ0) is 16.2. The van der Waals surface area contributed by atoms with Crippen molar-refractivity contribution >= 4 is 17.5 Å². The molecule has 3 rings (SSSR count). The van der Waals surface area contributed by atoms with Crippen LogP contribution in [0.3, 0.4) is 0 Å². The molecule has 0 saturated heterocycles. The smallest absolute Gasteiger partial charge is 0.235 e. The van der Waals surface area contributed by atoms with Gasteiger partial charge in [-0.2, -0.15) is 0 Å². The molecule has 1 aliphatic heterocycles. The van der Waals surface area contributed by atoms with Gasteiger partial charge in [-0.1, -0.05) is 60.7 Å². The standard InChI is InChI=1S/C19H15NO3/c21-17(13-7-3-1-4-8-13)15-11-16(19(23)20-12-15)18(22)14-9-5-2-6-10-14/h1-10,12,16H,11H2,(H,20,23). The maximum absolute atomic E-state index is 12.5. The second kappa shape index (κ2) is 6.40. The van der Waals surface area contributed by atoms with Crippen LogP contribution in [-0.4, -0.2) is 17.5 Å². The molecule has 0 aromatic heterocycles. The van der Waals surface area contributed by atoms with E-state index in [0.29, 0.717) is 16.7 Å². The second-order valence-corrected chi connectivity index (χ2v) is 5.36. The van der Waals surface area contributed by atoms with Crippen molar-refractivity contribution in [1.82, 2.24) is 5.32 Å². The van der Waals surface area contributed by atoms with Crippen molar-refractivity contribution < 1.29 is 14.4 Å². The largest absolute Gasteiger partial charge is 0.332 e. The first-order valence-electron chi connectivity index (χ1n) is 7.35. The van der Waals surface area contributed by atoms with Gasteiger partial charge in [-0.15, -0.1) is 0 Å². The van der Waals surface area contributed by atoms with E-state index in [1.807, 2.05) is 12.1 Å². The van der Waals surface area contributed by atoms with Crippen LogP contribution >= 0.6 is 0 Å². The fourth-order valence-electron chi connectivity index (χ4n) is 2.58. The van der Waals surface area contributed by atoms with Gasteiger partial charge in [0.2, 0.25) is 5.91 Å². The number of Topliss-reactive ketones (excluding diaryl/α,β-unsaturated/α-hetero) is 2. The van der Waals surface area contributed by atoms with E-state index in [9.17, 15) is 14.4 Å². The lowest BCUT2D eigenvalue weighted by Crippen LogP contribution is -2.37. The molecule has 0 spiro atoms. The predicted octanol–water partition coefficient (Wildman–Crippen LogP) is 2.77. The van der Waals surface area contributed by atoms with Crippen LogP contribution in [0.25, 0.3) is 0 Å². The van der Waals surface area contributed by atoms with E-state index < -0.39 is 5.92 Å². The number of carbonyl (C=O) groups is 3. The van der Waals surface area contributed by atoms with Crippen LogP contribution in [0.2, 0.25) is 0 Å². The molecule has 1 atom stereocenters. The highest BCUT2D eigenvalue weighted by Crippen LogP contribution is 2.23. The lowest BCUT2D eigenvalue weighted by molar-refractivity contribution is -0.123. The third-order valence-electron chi connectivity index (χ3n) is 3.83. The van der Waals surface area contributed by atoms with Crippen LogP contribution < -0.4 is 5.32 Å². The lowest BCUT2D eigenvalue weighted by Gasteiger charge is -2.21. The third-order valence-corrected chi connectivity index (χ3v) is 3.83. The van der Waals surface area contributed by atoms with Gasteiger partial charge in [0.25, 0.3) is 0 Å². The van der Waals surface area contributed by atoms with E-state index in [4.69, 9.17) is 0 Å². The van der Waals surface area contributed by atoms with Gasteiger partial charge in [0.1, 0.15) is 5.92 Å². The average Bonchev–Trinajstić information content (AvgIpc) is 2.62. The summed E-state index contributed by atoms with van der Waals surface area (Å²) in [7, 11) is 0. The first kappa shape index (κ1) is 14.9. The number of benzene rings is 2. The van der Waals surface area contributed by atoms with Gasteiger partial charge in [-0.3, -0.25) is 14.4 Å². The van der Waals surface area contributed by atoms with Crippen molar-refractivity contribution in [3.8, 4) is 0 Å².